The number of aryl methyl sites for hydroxylation is 1. The number of rotatable bonds is 4. The maximum Gasteiger partial charge on any atom is 0.311 e. The fourth-order valence-corrected chi connectivity index (χ4v) is 1.93. The van der Waals surface area contributed by atoms with Gasteiger partial charge in [-0.25, -0.2) is 4.39 Å². The first-order valence-corrected chi connectivity index (χ1v) is 6.29. The van der Waals surface area contributed by atoms with Crippen LogP contribution < -0.4 is 4.74 Å². The number of ether oxygens (including phenoxy) is 1. The molecule has 5 nitrogen and oxygen atoms in total. The summed E-state index contributed by atoms with van der Waals surface area (Å²) in [6.07, 6.45) is -0.958. The van der Waals surface area contributed by atoms with Crippen LogP contribution in [0, 0.1) is 22.9 Å². The van der Waals surface area contributed by atoms with Gasteiger partial charge in [-0.05, 0) is 31.5 Å². The first kappa shape index (κ1) is 14.9. The Morgan fingerprint density at radius 2 is 2.05 bits per heavy atom. The van der Waals surface area contributed by atoms with E-state index in [0.29, 0.717) is 5.56 Å². The molecule has 0 amide bonds. The lowest BCUT2D eigenvalue weighted by atomic mass is 10.1. The van der Waals surface area contributed by atoms with Gasteiger partial charge in [0.05, 0.1) is 11.0 Å². The average molecular weight is 291 g/mol. The average Bonchev–Trinajstić information content (AvgIpc) is 2.42. The van der Waals surface area contributed by atoms with Crippen molar-refractivity contribution in [2.45, 2.75) is 20.0 Å². The molecule has 1 N–H and O–H groups in total. The van der Waals surface area contributed by atoms with Crippen LogP contribution in [0.4, 0.5) is 10.1 Å². The molecular formula is C15H14FNO4. The van der Waals surface area contributed by atoms with Crippen molar-refractivity contribution in [1.29, 1.82) is 0 Å². The van der Waals surface area contributed by atoms with Gasteiger partial charge in [-0.15, -0.1) is 0 Å². The summed E-state index contributed by atoms with van der Waals surface area (Å²) >= 11 is 0. The Kier molecular flexibility index (Phi) is 4.18. The van der Waals surface area contributed by atoms with Crippen LogP contribution in [-0.4, -0.2) is 10.0 Å². The van der Waals surface area contributed by atoms with Crippen molar-refractivity contribution >= 4 is 5.69 Å². The molecule has 21 heavy (non-hydrogen) atoms. The third kappa shape index (κ3) is 3.17. The zero-order valence-corrected chi connectivity index (χ0v) is 11.5. The van der Waals surface area contributed by atoms with E-state index in [0.717, 1.165) is 0 Å². The van der Waals surface area contributed by atoms with Crippen LogP contribution in [0.5, 0.6) is 11.5 Å². The predicted octanol–water partition coefficient (Wildman–Crippen LogP) is 3.89. The highest BCUT2D eigenvalue weighted by atomic mass is 19.1. The highest BCUT2D eigenvalue weighted by Gasteiger charge is 2.20. The normalized spacial score (nSPS) is 12.0. The lowest BCUT2D eigenvalue weighted by molar-refractivity contribution is -0.385. The number of para-hydroxylation sites is 1. The minimum Gasteiger partial charge on any atom is -0.447 e. The van der Waals surface area contributed by atoms with Gasteiger partial charge in [0.25, 0.3) is 0 Å². The van der Waals surface area contributed by atoms with E-state index in [4.69, 9.17) is 4.74 Å². The van der Waals surface area contributed by atoms with Gasteiger partial charge in [0.15, 0.2) is 11.6 Å². The van der Waals surface area contributed by atoms with Crippen LogP contribution in [-0.2, 0) is 0 Å². The summed E-state index contributed by atoms with van der Waals surface area (Å²) in [5.74, 6) is -0.972. The van der Waals surface area contributed by atoms with Gasteiger partial charge in [0, 0.05) is 11.6 Å². The second-order valence-corrected chi connectivity index (χ2v) is 4.66. The molecule has 0 spiro atoms. The minimum atomic E-state index is -0.958. The standard InChI is InChI=1S/C15H14FNO4/c1-9-6-7-14(13(8-9)17(19)20)21-15-11(10(2)18)4-3-5-12(15)16/h3-8,10,18H,1-2H3. The Balaban J connectivity index is 2.51. The molecule has 6 heteroatoms. The van der Waals surface area contributed by atoms with E-state index >= 15 is 0 Å². The lowest BCUT2D eigenvalue weighted by Gasteiger charge is -2.14. The summed E-state index contributed by atoms with van der Waals surface area (Å²) in [5.41, 5.74) is 0.665. The third-order valence-corrected chi connectivity index (χ3v) is 2.97. The van der Waals surface area contributed by atoms with Crippen LogP contribution >= 0.6 is 0 Å². The smallest absolute Gasteiger partial charge is 0.311 e. The van der Waals surface area contributed by atoms with Gasteiger partial charge < -0.3 is 9.84 Å². The van der Waals surface area contributed by atoms with Gasteiger partial charge >= 0.3 is 5.69 Å². The summed E-state index contributed by atoms with van der Waals surface area (Å²) < 4.78 is 19.3. The summed E-state index contributed by atoms with van der Waals surface area (Å²) in [5, 5.41) is 20.7. The van der Waals surface area contributed by atoms with Gasteiger partial charge in [-0.3, -0.25) is 10.1 Å². The molecule has 0 fully saturated rings. The van der Waals surface area contributed by atoms with E-state index in [1.165, 1.54) is 37.3 Å². The lowest BCUT2D eigenvalue weighted by Crippen LogP contribution is -2.00. The molecule has 2 aromatic carbocycles. The number of hydrogen-bond donors (Lipinski definition) is 1. The number of nitro benzene ring substituents is 1. The number of nitrogens with zero attached hydrogens (tertiary/aromatic N) is 1. The molecule has 110 valence electrons. The van der Waals surface area contributed by atoms with Crippen LogP contribution in [0.3, 0.4) is 0 Å². The van der Waals surface area contributed by atoms with Crippen LogP contribution in [0.15, 0.2) is 36.4 Å². The quantitative estimate of drug-likeness (QED) is 0.685. The summed E-state index contributed by atoms with van der Waals surface area (Å²) in [6, 6.07) is 8.49. The molecule has 1 unspecified atom stereocenters. The van der Waals surface area contributed by atoms with Crippen LogP contribution in [0.25, 0.3) is 0 Å². The maximum atomic E-state index is 13.9. The summed E-state index contributed by atoms with van der Waals surface area (Å²) in [7, 11) is 0. The van der Waals surface area contributed by atoms with E-state index in [1.807, 2.05) is 0 Å². The van der Waals surface area contributed by atoms with Crippen molar-refractivity contribution in [3.8, 4) is 11.5 Å². The van der Waals surface area contributed by atoms with E-state index < -0.39 is 16.8 Å². The highest BCUT2D eigenvalue weighted by molar-refractivity contribution is 5.51. The Labute approximate surface area is 120 Å². The number of aliphatic hydroxyl groups excluding tert-OH is 1. The fourth-order valence-electron chi connectivity index (χ4n) is 1.93. The third-order valence-electron chi connectivity index (χ3n) is 2.97. The molecular weight excluding hydrogens is 277 g/mol. The highest BCUT2D eigenvalue weighted by Crippen LogP contribution is 2.36. The molecule has 0 bridgehead atoms. The molecule has 0 radical (unpaired) electrons. The molecule has 0 saturated carbocycles. The molecule has 0 saturated heterocycles. The maximum absolute atomic E-state index is 13.9. The molecule has 1 atom stereocenters. The minimum absolute atomic E-state index is 0.0717. The zero-order valence-electron chi connectivity index (χ0n) is 11.5. The van der Waals surface area contributed by atoms with E-state index in [9.17, 15) is 19.6 Å². The molecule has 0 heterocycles. The number of aliphatic hydroxyl groups is 1. The summed E-state index contributed by atoms with van der Waals surface area (Å²) in [4.78, 5) is 10.5. The van der Waals surface area contributed by atoms with E-state index in [-0.39, 0.29) is 22.7 Å². The molecule has 2 aromatic rings. The SMILES string of the molecule is Cc1ccc(Oc2c(F)cccc2C(C)O)c([N+](=O)[O-])c1. The fraction of sp³-hybridized carbons (Fsp3) is 0.200. The van der Waals surface area contributed by atoms with Crippen molar-refractivity contribution in [1.82, 2.24) is 0 Å². The number of nitro groups is 1. The Morgan fingerprint density at radius 3 is 2.67 bits per heavy atom. The van der Waals surface area contributed by atoms with Gasteiger partial charge in [-0.2, -0.15) is 0 Å². The molecule has 0 aliphatic rings. The molecule has 0 aliphatic carbocycles. The number of hydrogen-bond acceptors (Lipinski definition) is 4. The second kappa shape index (κ2) is 5.88. The molecule has 2 rings (SSSR count). The van der Waals surface area contributed by atoms with Gasteiger partial charge in [0.2, 0.25) is 5.75 Å². The van der Waals surface area contributed by atoms with Crippen molar-refractivity contribution in [3.63, 3.8) is 0 Å². The molecule has 0 aromatic heterocycles. The second-order valence-electron chi connectivity index (χ2n) is 4.66. The van der Waals surface area contributed by atoms with Crippen molar-refractivity contribution in [2.75, 3.05) is 0 Å². The first-order valence-electron chi connectivity index (χ1n) is 6.29. The van der Waals surface area contributed by atoms with Crippen LogP contribution in [0.1, 0.15) is 24.2 Å². The van der Waals surface area contributed by atoms with Gasteiger partial charge in [-0.1, -0.05) is 18.2 Å². The van der Waals surface area contributed by atoms with Crippen molar-refractivity contribution < 1.29 is 19.2 Å². The van der Waals surface area contributed by atoms with E-state index in [1.54, 1.807) is 13.0 Å². The number of benzene rings is 2. The van der Waals surface area contributed by atoms with Gasteiger partial charge in [0.1, 0.15) is 0 Å². The summed E-state index contributed by atoms with van der Waals surface area (Å²) in [6.45, 7) is 3.17. The van der Waals surface area contributed by atoms with Crippen molar-refractivity contribution in [3.05, 3.63) is 63.5 Å². The first-order chi connectivity index (χ1) is 9.90. The Morgan fingerprint density at radius 1 is 1.33 bits per heavy atom. The predicted molar refractivity (Wildman–Crippen MR) is 74.9 cm³/mol. The zero-order chi connectivity index (χ0) is 15.6. The monoisotopic (exact) mass is 291 g/mol. The Hall–Kier alpha value is -2.47. The van der Waals surface area contributed by atoms with E-state index in [2.05, 4.69) is 0 Å². The van der Waals surface area contributed by atoms with Crippen LogP contribution in [0.2, 0.25) is 0 Å². The largest absolute Gasteiger partial charge is 0.447 e. The number of halogens is 1. The molecule has 0 aliphatic heterocycles. The van der Waals surface area contributed by atoms with Crippen molar-refractivity contribution in [2.24, 2.45) is 0 Å². The Bertz CT molecular complexity index is 685. The topological polar surface area (TPSA) is 72.6 Å².